The van der Waals surface area contributed by atoms with Gasteiger partial charge in [0, 0.05) is 19.5 Å². The molecule has 2 rings (SSSR count). The van der Waals surface area contributed by atoms with Crippen LogP contribution in [0.15, 0.2) is 6.07 Å². The second kappa shape index (κ2) is 4.64. The summed E-state index contributed by atoms with van der Waals surface area (Å²) in [5.41, 5.74) is 6.27. The van der Waals surface area contributed by atoms with Crippen LogP contribution in [0.5, 0.6) is 0 Å². The van der Waals surface area contributed by atoms with Crippen molar-refractivity contribution in [3.63, 3.8) is 0 Å². The lowest BCUT2D eigenvalue weighted by Crippen LogP contribution is -2.22. The molecule has 1 aliphatic rings. The van der Waals surface area contributed by atoms with Gasteiger partial charge >= 0.3 is 0 Å². The second-order valence-electron chi connectivity index (χ2n) is 4.19. The van der Waals surface area contributed by atoms with Gasteiger partial charge in [0.15, 0.2) is 5.78 Å². The zero-order valence-electron chi connectivity index (χ0n) is 9.59. The molecule has 0 bridgehead atoms. The quantitative estimate of drug-likeness (QED) is 0.684. The van der Waals surface area contributed by atoms with Gasteiger partial charge in [-0.2, -0.15) is 0 Å². The van der Waals surface area contributed by atoms with Crippen LogP contribution in [0.3, 0.4) is 0 Å². The molecule has 0 aromatic carbocycles. The molecule has 0 amide bonds. The molecule has 0 radical (unpaired) electrons. The van der Waals surface area contributed by atoms with E-state index in [1.54, 1.807) is 13.0 Å². The second-order valence-corrected chi connectivity index (χ2v) is 5.22. The summed E-state index contributed by atoms with van der Waals surface area (Å²) in [7, 11) is 0. The van der Waals surface area contributed by atoms with E-state index in [2.05, 4.69) is 0 Å². The molecule has 4 N–H and O–H groups in total. The van der Waals surface area contributed by atoms with Crippen molar-refractivity contribution in [2.24, 2.45) is 0 Å². The largest absolute Gasteiger partial charge is 0.397 e. The first-order valence-electron chi connectivity index (χ1n) is 5.56. The van der Waals surface area contributed by atoms with Crippen molar-refractivity contribution in [1.29, 1.82) is 0 Å². The molecule has 2 atom stereocenters. The van der Waals surface area contributed by atoms with E-state index in [1.165, 1.54) is 11.3 Å². The number of β-amino-alcohol motifs (C(OH)–C–C–N with tert-alkyl or cyclic N) is 2. The highest BCUT2D eigenvalue weighted by atomic mass is 32.1. The third-order valence-electron chi connectivity index (χ3n) is 2.89. The van der Waals surface area contributed by atoms with Crippen molar-refractivity contribution >= 4 is 27.8 Å². The lowest BCUT2D eigenvalue weighted by atomic mass is 10.2. The third kappa shape index (κ3) is 2.29. The predicted molar refractivity (Wildman–Crippen MR) is 67.6 cm³/mol. The lowest BCUT2D eigenvalue weighted by molar-refractivity contribution is 0.0572. The summed E-state index contributed by atoms with van der Waals surface area (Å²) in [6.07, 6.45) is -1.04. The number of Topliss-reactive ketones (excluding diaryl/α,β-unsaturated/α-hetero) is 1. The first kappa shape index (κ1) is 12.3. The van der Waals surface area contributed by atoms with Gasteiger partial charge in [-0.15, -0.1) is 11.3 Å². The van der Waals surface area contributed by atoms with Crippen LogP contribution >= 0.6 is 11.3 Å². The van der Waals surface area contributed by atoms with Gasteiger partial charge in [0.25, 0.3) is 0 Å². The fraction of sp³-hybridized carbons (Fsp3) is 0.545. The van der Waals surface area contributed by atoms with E-state index >= 15 is 0 Å². The minimum absolute atomic E-state index is 0.0269. The Hall–Kier alpha value is -1.11. The number of thiophene rings is 1. The average Bonchev–Trinajstić information content (AvgIpc) is 2.82. The molecule has 17 heavy (non-hydrogen) atoms. The molecular formula is C11H16N2O3S. The van der Waals surface area contributed by atoms with Crippen LogP contribution in [0.25, 0.3) is 0 Å². The smallest absolute Gasteiger partial charge is 0.174 e. The third-order valence-corrected chi connectivity index (χ3v) is 4.15. The van der Waals surface area contributed by atoms with E-state index in [-0.39, 0.29) is 5.78 Å². The first-order valence-corrected chi connectivity index (χ1v) is 6.38. The number of carbonyl (C=O) groups excluding carboxylic acids is 1. The molecular weight excluding hydrogens is 240 g/mol. The van der Waals surface area contributed by atoms with E-state index in [4.69, 9.17) is 5.73 Å². The maximum atomic E-state index is 11.6. The van der Waals surface area contributed by atoms with Crippen molar-refractivity contribution in [2.45, 2.75) is 25.6 Å². The molecule has 2 unspecified atom stereocenters. The van der Waals surface area contributed by atoms with Crippen molar-refractivity contribution < 1.29 is 15.0 Å². The maximum absolute atomic E-state index is 11.6. The number of nitrogens with zero attached hydrogens (tertiary/aromatic N) is 1. The van der Waals surface area contributed by atoms with Crippen LogP contribution < -0.4 is 10.6 Å². The van der Waals surface area contributed by atoms with E-state index in [0.29, 0.717) is 30.1 Å². The van der Waals surface area contributed by atoms with E-state index in [1.807, 2.05) is 4.90 Å². The molecule has 1 aliphatic heterocycles. The number of aliphatic hydroxyl groups is 2. The standard InChI is InChI=1S/C11H16N2O3S/c1-2-7(14)11-6(12)3-10(17-11)13-4-8(15)9(16)5-13/h3,8-9,15-16H,2,4-5,12H2,1H3. The number of nitrogens with two attached hydrogens (primary N) is 1. The summed E-state index contributed by atoms with van der Waals surface area (Å²) in [4.78, 5) is 14.0. The minimum Gasteiger partial charge on any atom is -0.397 e. The summed E-state index contributed by atoms with van der Waals surface area (Å²) in [6, 6.07) is 1.73. The SMILES string of the molecule is CCC(=O)c1sc(N2CC(O)C(O)C2)cc1N. The van der Waals surface area contributed by atoms with Crippen LogP contribution in [0.4, 0.5) is 10.7 Å². The zero-order valence-corrected chi connectivity index (χ0v) is 10.4. The van der Waals surface area contributed by atoms with Gasteiger partial charge in [-0.3, -0.25) is 4.79 Å². The topological polar surface area (TPSA) is 86.8 Å². The van der Waals surface area contributed by atoms with Crippen LogP contribution in [0, 0.1) is 0 Å². The molecule has 0 aliphatic carbocycles. The fourth-order valence-corrected chi connectivity index (χ4v) is 2.98. The first-order chi connectivity index (χ1) is 8.02. The van der Waals surface area contributed by atoms with Crippen LogP contribution in [0.2, 0.25) is 0 Å². The molecule has 6 heteroatoms. The Morgan fingerprint density at radius 2 is 2.12 bits per heavy atom. The summed E-state index contributed by atoms with van der Waals surface area (Å²) in [6.45, 7) is 2.55. The molecule has 1 aromatic rings. The highest BCUT2D eigenvalue weighted by Crippen LogP contribution is 2.34. The number of hydrogen-bond acceptors (Lipinski definition) is 6. The number of hydrogen-bond donors (Lipinski definition) is 3. The Morgan fingerprint density at radius 3 is 2.65 bits per heavy atom. The number of nitrogen functional groups attached to an aromatic ring is 1. The van der Waals surface area contributed by atoms with E-state index in [0.717, 1.165) is 5.00 Å². The number of aliphatic hydroxyl groups excluding tert-OH is 2. The van der Waals surface area contributed by atoms with Crippen LogP contribution in [0.1, 0.15) is 23.0 Å². The fourth-order valence-electron chi connectivity index (χ4n) is 1.88. The van der Waals surface area contributed by atoms with Crippen LogP contribution in [-0.2, 0) is 0 Å². The number of anilines is 2. The Labute approximate surface area is 103 Å². The van der Waals surface area contributed by atoms with Crippen molar-refractivity contribution in [3.05, 3.63) is 10.9 Å². The van der Waals surface area contributed by atoms with Gasteiger partial charge in [-0.1, -0.05) is 6.92 Å². The zero-order chi connectivity index (χ0) is 12.6. The number of carbonyl (C=O) groups is 1. The molecule has 5 nitrogen and oxygen atoms in total. The molecule has 2 heterocycles. The number of ketones is 1. The Morgan fingerprint density at radius 1 is 1.53 bits per heavy atom. The molecule has 0 spiro atoms. The highest BCUT2D eigenvalue weighted by Gasteiger charge is 2.31. The molecule has 1 aromatic heterocycles. The molecule has 0 saturated carbocycles. The summed E-state index contributed by atoms with van der Waals surface area (Å²) in [5, 5.41) is 19.8. The van der Waals surface area contributed by atoms with Crippen molar-refractivity contribution in [2.75, 3.05) is 23.7 Å². The van der Waals surface area contributed by atoms with E-state index < -0.39 is 12.2 Å². The van der Waals surface area contributed by atoms with E-state index in [9.17, 15) is 15.0 Å². The Bertz CT molecular complexity index is 422. The Balaban J connectivity index is 2.21. The maximum Gasteiger partial charge on any atom is 0.174 e. The summed E-state index contributed by atoms with van der Waals surface area (Å²) >= 11 is 1.32. The van der Waals surface area contributed by atoms with Gasteiger partial charge in [0.1, 0.15) is 0 Å². The Kier molecular flexibility index (Phi) is 3.37. The normalized spacial score (nSPS) is 24.3. The lowest BCUT2D eigenvalue weighted by Gasteiger charge is -2.14. The van der Waals surface area contributed by atoms with Gasteiger partial charge in [0.05, 0.1) is 27.8 Å². The predicted octanol–water partition coefficient (Wildman–Crippen LogP) is 0.465. The van der Waals surface area contributed by atoms with Crippen molar-refractivity contribution in [3.8, 4) is 0 Å². The minimum atomic E-state index is -0.733. The summed E-state index contributed by atoms with van der Waals surface area (Å²) in [5.74, 6) is 0.0269. The van der Waals surface area contributed by atoms with Gasteiger partial charge in [0.2, 0.25) is 0 Å². The average molecular weight is 256 g/mol. The number of rotatable bonds is 3. The van der Waals surface area contributed by atoms with Gasteiger partial charge in [-0.25, -0.2) is 0 Å². The van der Waals surface area contributed by atoms with Crippen LogP contribution in [-0.4, -0.2) is 41.3 Å². The van der Waals surface area contributed by atoms with Gasteiger partial charge in [-0.05, 0) is 6.07 Å². The van der Waals surface area contributed by atoms with Crippen molar-refractivity contribution in [1.82, 2.24) is 0 Å². The molecule has 1 fully saturated rings. The summed E-state index contributed by atoms with van der Waals surface area (Å²) < 4.78 is 0. The highest BCUT2D eigenvalue weighted by molar-refractivity contribution is 7.18. The van der Waals surface area contributed by atoms with Gasteiger partial charge < -0.3 is 20.8 Å². The molecule has 94 valence electrons. The molecule has 1 saturated heterocycles. The monoisotopic (exact) mass is 256 g/mol.